The molecule has 9 rings (SSSR count). The van der Waals surface area contributed by atoms with Crippen LogP contribution in [0, 0.1) is 0 Å². The Bertz CT molecular complexity index is 2590. The third-order valence-electron chi connectivity index (χ3n) is 8.22. The Kier molecular flexibility index (Phi) is 3.98. The molecule has 1 aliphatic rings. The number of aromatic nitrogens is 1. The lowest BCUT2D eigenvalue weighted by Gasteiger charge is -2.22. The molecule has 1 aromatic heterocycles. The van der Waals surface area contributed by atoms with E-state index in [0.717, 1.165) is 33.2 Å². The van der Waals surface area contributed by atoms with Crippen molar-refractivity contribution in [1.29, 1.82) is 0 Å². The van der Waals surface area contributed by atoms with Crippen LogP contribution in [0.5, 0.6) is 11.5 Å². The van der Waals surface area contributed by atoms with Crippen LogP contribution in [-0.2, 0) is 0 Å². The van der Waals surface area contributed by atoms with Crippen LogP contribution in [0.15, 0.2) is 152 Å². The van der Waals surface area contributed by atoms with Crippen LogP contribution in [0.4, 0.5) is 0 Å². The summed E-state index contributed by atoms with van der Waals surface area (Å²) in [6.07, 6.45) is 0. The first kappa shape index (κ1) is 18.7. The van der Waals surface area contributed by atoms with Crippen molar-refractivity contribution in [2.24, 2.45) is 0 Å². The highest BCUT2D eigenvalue weighted by Gasteiger charge is 2.21. The van der Waals surface area contributed by atoms with Crippen LogP contribution in [0.1, 0.15) is 6.85 Å². The van der Waals surface area contributed by atoms with Crippen molar-refractivity contribution in [3.63, 3.8) is 0 Å². The van der Waals surface area contributed by atoms with Gasteiger partial charge in [-0.05, 0) is 75.6 Å². The van der Waals surface area contributed by atoms with E-state index in [9.17, 15) is 0 Å². The summed E-state index contributed by atoms with van der Waals surface area (Å²) in [5, 5.41) is 3.11. The fraction of sp³-hybridized carbons (Fsp3) is 0. The SMILES string of the molecule is [2H]c1c([2H])c2c3c(c([2H])c([2H])c(-c4ccc(-c5ccc6c(c5)c5ccccc5n6-c5ccccc5)cc4)c3c1[2H])Oc1ccccc1-2. The van der Waals surface area contributed by atoms with Gasteiger partial charge in [0.15, 0.2) is 0 Å². The smallest absolute Gasteiger partial charge is 0.135 e. The second kappa shape index (κ2) is 8.95. The van der Waals surface area contributed by atoms with Gasteiger partial charge in [-0.2, -0.15) is 0 Å². The lowest BCUT2D eigenvalue weighted by atomic mass is 9.90. The monoisotopic (exact) mass is 540 g/mol. The van der Waals surface area contributed by atoms with E-state index in [1.807, 2.05) is 60.7 Å². The minimum Gasteiger partial charge on any atom is -0.456 e. The summed E-state index contributed by atoms with van der Waals surface area (Å²) < 4.78 is 52.8. The highest BCUT2D eigenvalue weighted by molar-refractivity contribution is 6.11. The number of ether oxygens (including phenoxy) is 1. The lowest BCUT2D eigenvalue weighted by Crippen LogP contribution is -1.97. The van der Waals surface area contributed by atoms with Crippen LogP contribution in [0.25, 0.3) is 71.6 Å². The normalized spacial score (nSPS) is 13.7. The summed E-state index contributed by atoms with van der Waals surface area (Å²) in [7, 11) is 0. The lowest BCUT2D eigenvalue weighted by molar-refractivity contribution is 0.487. The molecule has 1 aliphatic heterocycles. The first-order valence-electron chi connectivity index (χ1n) is 16.5. The van der Waals surface area contributed by atoms with Crippen molar-refractivity contribution in [2.45, 2.75) is 0 Å². The second-order valence-corrected chi connectivity index (χ2v) is 10.5. The van der Waals surface area contributed by atoms with Gasteiger partial charge in [0.1, 0.15) is 11.5 Å². The Hall–Kier alpha value is -5.60. The van der Waals surface area contributed by atoms with Crippen molar-refractivity contribution in [3.05, 3.63) is 152 Å². The first-order chi connectivity index (χ1) is 22.9. The molecule has 7 aromatic carbocycles. The average molecular weight is 541 g/mol. The standard InChI is InChI=1S/C40H25NO/c1-2-9-29(10-3-1)41-36-15-6-4-11-31(36)35-25-28(21-23-37(35)41)26-17-19-27(20-18-26)30-22-24-39-40-33(30)13-8-14-34(40)32-12-5-7-16-38(32)42-39/h1-25H/i8D,13D,14D,22D,24D. The van der Waals surface area contributed by atoms with Gasteiger partial charge in [0.2, 0.25) is 0 Å². The minimum absolute atomic E-state index is 0.0775. The fourth-order valence-electron chi connectivity index (χ4n) is 6.27. The zero-order chi connectivity index (χ0) is 32.0. The molecule has 0 radical (unpaired) electrons. The number of para-hydroxylation sites is 3. The highest BCUT2D eigenvalue weighted by Crippen LogP contribution is 2.48. The van der Waals surface area contributed by atoms with Crippen LogP contribution in [0.3, 0.4) is 0 Å². The first-order valence-corrected chi connectivity index (χ1v) is 14.0. The van der Waals surface area contributed by atoms with Crippen molar-refractivity contribution < 1.29 is 11.6 Å². The van der Waals surface area contributed by atoms with Gasteiger partial charge in [0, 0.05) is 27.4 Å². The molecule has 0 N–H and O–H groups in total. The number of nitrogens with zero attached hydrogens (tertiary/aromatic N) is 1. The summed E-state index contributed by atoms with van der Waals surface area (Å²) in [5.74, 6) is 0.629. The largest absolute Gasteiger partial charge is 0.456 e. The van der Waals surface area contributed by atoms with Gasteiger partial charge in [-0.25, -0.2) is 0 Å². The molecule has 2 nitrogen and oxygen atoms in total. The van der Waals surface area contributed by atoms with Crippen LogP contribution < -0.4 is 4.74 Å². The van der Waals surface area contributed by atoms with E-state index in [0.29, 0.717) is 38.8 Å². The molecule has 0 unspecified atom stereocenters. The molecule has 2 heterocycles. The van der Waals surface area contributed by atoms with Gasteiger partial charge >= 0.3 is 0 Å². The average Bonchev–Trinajstić information content (AvgIpc) is 3.45. The summed E-state index contributed by atoms with van der Waals surface area (Å²) in [5.41, 5.74) is 7.57. The minimum atomic E-state index is -0.215. The number of hydrogen-bond acceptors (Lipinski definition) is 1. The third kappa shape index (κ3) is 3.39. The summed E-state index contributed by atoms with van der Waals surface area (Å²) in [6.45, 7) is 0. The third-order valence-corrected chi connectivity index (χ3v) is 8.22. The molecule has 42 heavy (non-hydrogen) atoms. The summed E-state index contributed by atoms with van der Waals surface area (Å²) in [6, 6.07) is 39.7. The van der Waals surface area contributed by atoms with Gasteiger partial charge in [0.05, 0.1) is 17.9 Å². The van der Waals surface area contributed by atoms with E-state index in [-0.39, 0.29) is 36.0 Å². The van der Waals surface area contributed by atoms with Gasteiger partial charge in [-0.3, -0.25) is 0 Å². The Morgan fingerprint density at radius 3 is 2.12 bits per heavy atom. The van der Waals surface area contributed by atoms with E-state index < -0.39 is 0 Å². The number of rotatable bonds is 3. The Morgan fingerprint density at radius 2 is 1.21 bits per heavy atom. The molecule has 2 heteroatoms. The van der Waals surface area contributed by atoms with Gasteiger partial charge < -0.3 is 9.30 Å². The molecule has 0 aliphatic carbocycles. The van der Waals surface area contributed by atoms with E-state index in [1.165, 1.54) is 5.39 Å². The topological polar surface area (TPSA) is 14.2 Å². The molecule has 8 aromatic rings. The summed E-state index contributed by atoms with van der Waals surface area (Å²) in [4.78, 5) is 0. The van der Waals surface area contributed by atoms with E-state index in [1.54, 1.807) is 6.07 Å². The molecule has 0 saturated heterocycles. The van der Waals surface area contributed by atoms with Crippen LogP contribution in [-0.4, -0.2) is 4.57 Å². The zero-order valence-electron chi connectivity index (χ0n) is 27.4. The van der Waals surface area contributed by atoms with Gasteiger partial charge in [-0.1, -0.05) is 109 Å². The van der Waals surface area contributed by atoms with Crippen LogP contribution in [0.2, 0.25) is 0 Å². The molecule has 0 spiro atoms. The maximum Gasteiger partial charge on any atom is 0.135 e. The molecule has 0 atom stereocenters. The molecule has 196 valence electrons. The summed E-state index contributed by atoms with van der Waals surface area (Å²) >= 11 is 0. The van der Waals surface area contributed by atoms with Crippen molar-refractivity contribution in [3.8, 4) is 50.6 Å². The molecule has 0 amide bonds. The van der Waals surface area contributed by atoms with Crippen molar-refractivity contribution in [1.82, 2.24) is 4.57 Å². The quantitative estimate of drug-likeness (QED) is 0.217. The number of fused-ring (bicyclic) bond motifs is 5. The number of hydrogen-bond donors (Lipinski definition) is 0. The molecule has 0 fully saturated rings. The van der Waals surface area contributed by atoms with Crippen molar-refractivity contribution >= 4 is 32.6 Å². The molecule has 0 saturated carbocycles. The molecular formula is C40H25NO. The fourth-order valence-corrected chi connectivity index (χ4v) is 6.27. The van der Waals surface area contributed by atoms with E-state index in [4.69, 9.17) is 11.6 Å². The Labute approximate surface area is 250 Å². The highest BCUT2D eigenvalue weighted by atomic mass is 16.5. The predicted octanol–water partition coefficient (Wildman–Crippen LogP) is 11.0. The maximum atomic E-state index is 9.06. The van der Waals surface area contributed by atoms with Crippen LogP contribution >= 0.6 is 0 Å². The zero-order valence-corrected chi connectivity index (χ0v) is 22.4. The molecular weight excluding hydrogens is 510 g/mol. The maximum absolute atomic E-state index is 9.06. The van der Waals surface area contributed by atoms with E-state index >= 15 is 0 Å². The second-order valence-electron chi connectivity index (χ2n) is 10.5. The van der Waals surface area contributed by atoms with Crippen molar-refractivity contribution in [2.75, 3.05) is 0 Å². The van der Waals surface area contributed by atoms with Gasteiger partial charge in [-0.15, -0.1) is 0 Å². The Morgan fingerprint density at radius 1 is 0.476 bits per heavy atom. The van der Waals surface area contributed by atoms with Gasteiger partial charge in [0.25, 0.3) is 0 Å². The predicted molar refractivity (Wildman–Crippen MR) is 175 cm³/mol. The Balaban J connectivity index is 1.22. The van der Waals surface area contributed by atoms with E-state index in [2.05, 4.69) is 59.2 Å². The molecule has 0 bridgehead atoms. The number of benzene rings is 7.